The van der Waals surface area contributed by atoms with Gasteiger partial charge in [-0.25, -0.2) is 0 Å². The SMILES string of the molecule is CN=C(NCCNc1ccccc1[N+](=O)[O-])NC1CCN(Cc2ccccc2)CC1. The Bertz CT molecular complexity index is 835. The van der Waals surface area contributed by atoms with Crippen LogP contribution in [0.4, 0.5) is 11.4 Å². The van der Waals surface area contributed by atoms with E-state index < -0.39 is 0 Å². The van der Waals surface area contributed by atoms with E-state index in [0.29, 0.717) is 24.8 Å². The molecule has 0 saturated carbocycles. The molecule has 0 aromatic heterocycles. The van der Waals surface area contributed by atoms with Gasteiger partial charge in [-0.2, -0.15) is 0 Å². The van der Waals surface area contributed by atoms with Gasteiger partial charge in [0.25, 0.3) is 5.69 Å². The number of nitro benzene ring substituents is 1. The average Bonchev–Trinajstić information content (AvgIpc) is 2.78. The third-order valence-electron chi connectivity index (χ3n) is 5.23. The molecule has 30 heavy (non-hydrogen) atoms. The molecule has 0 amide bonds. The van der Waals surface area contributed by atoms with Gasteiger partial charge >= 0.3 is 0 Å². The minimum absolute atomic E-state index is 0.0854. The highest BCUT2D eigenvalue weighted by atomic mass is 16.6. The summed E-state index contributed by atoms with van der Waals surface area (Å²) in [5, 5.41) is 21.0. The van der Waals surface area contributed by atoms with Crippen molar-refractivity contribution < 1.29 is 4.92 Å². The molecular formula is C22H30N6O2. The number of rotatable bonds is 8. The zero-order valence-corrected chi connectivity index (χ0v) is 17.4. The third-order valence-corrected chi connectivity index (χ3v) is 5.23. The lowest BCUT2D eigenvalue weighted by molar-refractivity contribution is -0.384. The molecular weight excluding hydrogens is 380 g/mol. The second-order valence-electron chi connectivity index (χ2n) is 7.38. The van der Waals surface area contributed by atoms with E-state index in [4.69, 9.17) is 0 Å². The summed E-state index contributed by atoms with van der Waals surface area (Å²) in [7, 11) is 1.76. The molecule has 1 aliphatic rings. The van der Waals surface area contributed by atoms with Gasteiger partial charge in [0.15, 0.2) is 5.96 Å². The van der Waals surface area contributed by atoms with E-state index in [-0.39, 0.29) is 10.6 Å². The number of likely N-dealkylation sites (tertiary alicyclic amines) is 1. The van der Waals surface area contributed by atoms with E-state index in [1.807, 2.05) is 0 Å². The van der Waals surface area contributed by atoms with Crippen LogP contribution < -0.4 is 16.0 Å². The Hall–Kier alpha value is -3.13. The van der Waals surface area contributed by atoms with Gasteiger partial charge in [-0.1, -0.05) is 42.5 Å². The number of nitrogens with one attached hydrogen (secondary N) is 3. The van der Waals surface area contributed by atoms with Gasteiger partial charge in [0.2, 0.25) is 0 Å². The molecule has 0 bridgehead atoms. The first kappa shape index (κ1) is 21.6. The minimum atomic E-state index is -0.375. The second-order valence-corrected chi connectivity index (χ2v) is 7.38. The van der Waals surface area contributed by atoms with Crippen molar-refractivity contribution in [3.63, 3.8) is 0 Å². The number of nitro groups is 1. The summed E-state index contributed by atoms with van der Waals surface area (Å²) in [5.74, 6) is 0.765. The van der Waals surface area contributed by atoms with Gasteiger partial charge in [0, 0.05) is 51.9 Å². The van der Waals surface area contributed by atoms with Crippen molar-refractivity contribution in [2.45, 2.75) is 25.4 Å². The standard InChI is InChI=1S/C22H30N6O2/c1-23-22(25-14-13-24-20-9-5-6-10-21(20)28(29)30)26-19-11-15-27(16-12-19)17-18-7-3-2-4-8-18/h2-10,19,24H,11-17H2,1H3,(H2,23,25,26). The van der Waals surface area contributed by atoms with Crippen molar-refractivity contribution in [1.29, 1.82) is 0 Å². The predicted molar refractivity (Wildman–Crippen MR) is 121 cm³/mol. The molecule has 1 aliphatic heterocycles. The first-order valence-corrected chi connectivity index (χ1v) is 10.4. The first-order valence-electron chi connectivity index (χ1n) is 10.4. The fraction of sp³-hybridized carbons (Fsp3) is 0.409. The number of anilines is 1. The summed E-state index contributed by atoms with van der Waals surface area (Å²) < 4.78 is 0. The van der Waals surface area contributed by atoms with Gasteiger partial charge in [-0.15, -0.1) is 0 Å². The van der Waals surface area contributed by atoms with Crippen molar-refractivity contribution in [3.05, 3.63) is 70.3 Å². The quantitative estimate of drug-likeness (QED) is 0.204. The monoisotopic (exact) mass is 410 g/mol. The van der Waals surface area contributed by atoms with Crippen LogP contribution in [0, 0.1) is 10.1 Å². The fourth-order valence-electron chi connectivity index (χ4n) is 3.63. The van der Waals surface area contributed by atoms with Crippen LogP contribution in [0.3, 0.4) is 0 Å². The lowest BCUT2D eigenvalue weighted by Crippen LogP contribution is -2.49. The van der Waals surface area contributed by atoms with Crippen molar-refractivity contribution in [2.24, 2.45) is 4.99 Å². The highest BCUT2D eigenvalue weighted by Crippen LogP contribution is 2.22. The predicted octanol–water partition coefficient (Wildman–Crippen LogP) is 2.84. The number of hydrogen-bond acceptors (Lipinski definition) is 5. The van der Waals surface area contributed by atoms with Crippen LogP contribution in [0.1, 0.15) is 18.4 Å². The molecule has 160 valence electrons. The molecule has 3 rings (SSSR count). The van der Waals surface area contributed by atoms with Crippen LogP contribution in [0.15, 0.2) is 59.6 Å². The molecule has 1 heterocycles. The molecule has 3 N–H and O–H groups in total. The molecule has 8 heteroatoms. The van der Waals surface area contributed by atoms with E-state index in [9.17, 15) is 10.1 Å². The van der Waals surface area contributed by atoms with Gasteiger partial charge in [0.1, 0.15) is 5.69 Å². The lowest BCUT2D eigenvalue weighted by Gasteiger charge is -2.33. The number of aliphatic imine (C=N–C) groups is 1. The van der Waals surface area contributed by atoms with Crippen LogP contribution in [-0.4, -0.2) is 55.1 Å². The Morgan fingerprint density at radius 3 is 2.50 bits per heavy atom. The maximum absolute atomic E-state index is 11.1. The van der Waals surface area contributed by atoms with E-state index >= 15 is 0 Å². The number of hydrogen-bond donors (Lipinski definition) is 3. The Kier molecular flexibility index (Phi) is 8.02. The summed E-state index contributed by atoms with van der Waals surface area (Å²) in [5.41, 5.74) is 1.97. The first-order chi connectivity index (χ1) is 14.7. The topological polar surface area (TPSA) is 94.8 Å². The summed E-state index contributed by atoms with van der Waals surface area (Å²) >= 11 is 0. The largest absolute Gasteiger partial charge is 0.378 e. The molecule has 2 aromatic carbocycles. The van der Waals surface area contributed by atoms with E-state index in [1.54, 1.807) is 25.2 Å². The van der Waals surface area contributed by atoms with Crippen LogP contribution in [0.25, 0.3) is 0 Å². The Morgan fingerprint density at radius 2 is 1.80 bits per heavy atom. The Morgan fingerprint density at radius 1 is 1.10 bits per heavy atom. The molecule has 1 fully saturated rings. The summed E-state index contributed by atoms with van der Waals surface area (Å²) in [6, 6.07) is 17.6. The molecule has 1 saturated heterocycles. The fourth-order valence-corrected chi connectivity index (χ4v) is 3.63. The Labute approximate surface area is 177 Å². The zero-order valence-electron chi connectivity index (χ0n) is 17.4. The lowest BCUT2D eigenvalue weighted by atomic mass is 10.0. The van der Waals surface area contributed by atoms with Gasteiger partial charge in [-0.3, -0.25) is 20.0 Å². The highest BCUT2D eigenvalue weighted by molar-refractivity contribution is 5.80. The van der Waals surface area contributed by atoms with Crippen molar-refractivity contribution in [3.8, 4) is 0 Å². The van der Waals surface area contributed by atoms with E-state index in [2.05, 4.69) is 56.2 Å². The molecule has 0 atom stereocenters. The summed E-state index contributed by atoms with van der Waals surface area (Å²) in [6.45, 7) is 4.28. The molecule has 0 radical (unpaired) electrons. The summed E-state index contributed by atoms with van der Waals surface area (Å²) in [4.78, 5) is 17.5. The van der Waals surface area contributed by atoms with Crippen molar-refractivity contribution in [2.75, 3.05) is 38.5 Å². The van der Waals surface area contributed by atoms with E-state index in [1.165, 1.54) is 11.6 Å². The highest BCUT2D eigenvalue weighted by Gasteiger charge is 2.20. The zero-order chi connectivity index (χ0) is 21.2. The average molecular weight is 411 g/mol. The molecule has 0 unspecified atom stereocenters. The summed E-state index contributed by atoms with van der Waals surface area (Å²) in [6.07, 6.45) is 2.14. The van der Waals surface area contributed by atoms with E-state index in [0.717, 1.165) is 38.4 Å². The number of nitrogens with zero attached hydrogens (tertiary/aromatic N) is 3. The normalized spacial score (nSPS) is 15.6. The van der Waals surface area contributed by atoms with Crippen molar-refractivity contribution >= 4 is 17.3 Å². The maximum Gasteiger partial charge on any atom is 0.292 e. The van der Waals surface area contributed by atoms with Gasteiger partial charge in [-0.05, 0) is 24.5 Å². The second kappa shape index (κ2) is 11.2. The van der Waals surface area contributed by atoms with Crippen LogP contribution in [0.5, 0.6) is 0 Å². The molecule has 0 spiro atoms. The van der Waals surface area contributed by atoms with Crippen LogP contribution in [-0.2, 0) is 6.54 Å². The van der Waals surface area contributed by atoms with Crippen LogP contribution in [0.2, 0.25) is 0 Å². The van der Waals surface area contributed by atoms with Gasteiger partial charge < -0.3 is 16.0 Å². The molecule has 0 aliphatic carbocycles. The minimum Gasteiger partial charge on any atom is -0.378 e. The molecule has 8 nitrogen and oxygen atoms in total. The van der Waals surface area contributed by atoms with Crippen molar-refractivity contribution in [1.82, 2.24) is 15.5 Å². The Balaban J connectivity index is 1.37. The van der Waals surface area contributed by atoms with Gasteiger partial charge in [0.05, 0.1) is 4.92 Å². The number of para-hydroxylation sites is 2. The third kappa shape index (κ3) is 6.45. The number of guanidine groups is 1. The maximum atomic E-state index is 11.1. The molecule has 2 aromatic rings. The number of piperidine rings is 1. The smallest absolute Gasteiger partial charge is 0.292 e. The number of benzene rings is 2. The van der Waals surface area contributed by atoms with Crippen LogP contribution >= 0.6 is 0 Å².